The van der Waals surface area contributed by atoms with Gasteiger partial charge >= 0.3 is 5.56 Å². The summed E-state index contributed by atoms with van der Waals surface area (Å²) in [6.45, 7) is 3.88. The van der Waals surface area contributed by atoms with Gasteiger partial charge in [0.2, 0.25) is 6.33 Å². The van der Waals surface area contributed by atoms with Gasteiger partial charge in [-0.1, -0.05) is 0 Å². The number of aromatic amines is 1. The Balaban J connectivity index is 2.97. The largest absolute Gasteiger partial charge is 0.363 e. The first kappa shape index (κ1) is 8.87. The van der Waals surface area contributed by atoms with E-state index in [9.17, 15) is 4.79 Å². The molecule has 0 spiro atoms. The SMILES string of the molecule is Cc1cc2[nH+]cn(C)c(=O)c2nc1C. The summed E-state index contributed by atoms with van der Waals surface area (Å²) < 4.78 is 1.49. The molecule has 2 aromatic rings. The van der Waals surface area contributed by atoms with E-state index in [0.29, 0.717) is 5.52 Å². The fraction of sp³-hybridized carbons (Fsp3) is 0.300. The summed E-state index contributed by atoms with van der Waals surface area (Å²) in [5.74, 6) is 0. The van der Waals surface area contributed by atoms with Crippen molar-refractivity contribution in [1.82, 2.24) is 9.55 Å². The van der Waals surface area contributed by atoms with E-state index in [1.54, 1.807) is 13.4 Å². The summed E-state index contributed by atoms with van der Waals surface area (Å²) in [6.07, 6.45) is 1.64. The Kier molecular flexibility index (Phi) is 1.84. The standard InChI is InChI=1S/C10H11N3O/c1-6-4-8-9(12-7(6)2)10(14)13(3)5-11-8/h4-5H,1-3H3/p+1. The number of pyridine rings is 1. The van der Waals surface area contributed by atoms with Crippen LogP contribution in [0.25, 0.3) is 11.0 Å². The molecule has 2 aromatic heterocycles. The predicted molar refractivity (Wildman–Crippen MR) is 53.0 cm³/mol. The third-order valence-electron chi connectivity index (χ3n) is 2.40. The number of nitrogens with zero attached hydrogens (tertiary/aromatic N) is 2. The van der Waals surface area contributed by atoms with Gasteiger partial charge in [0.1, 0.15) is 0 Å². The van der Waals surface area contributed by atoms with Crippen LogP contribution in [0.3, 0.4) is 0 Å². The molecule has 0 saturated heterocycles. The van der Waals surface area contributed by atoms with Crippen molar-refractivity contribution in [3.8, 4) is 0 Å². The molecule has 0 aliphatic heterocycles. The van der Waals surface area contributed by atoms with Crippen LogP contribution >= 0.6 is 0 Å². The van der Waals surface area contributed by atoms with E-state index >= 15 is 0 Å². The van der Waals surface area contributed by atoms with Crippen molar-refractivity contribution in [3.05, 3.63) is 34.0 Å². The summed E-state index contributed by atoms with van der Waals surface area (Å²) >= 11 is 0. The van der Waals surface area contributed by atoms with Gasteiger partial charge in [-0.2, -0.15) is 0 Å². The van der Waals surface area contributed by atoms with Crippen LogP contribution < -0.4 is 10.5 Å². The molecule has 0 atom stereocenters. The van der Waals surface area contributed by atoms with Crippen LogP contribution in [0.1, 0.15) is 11.3 Å². The van der Waals surface area contributed by atoms with Crippen LogP contribution in [0, 0.1) is 13.8 Å². The average molecular weight is 190 g/mol. The second-order valence-corrected chi connectivity index (χ2v) is 3.48. The number of rotatable bonds is 0. The molecule has 2 rings (SSSR count). The highest BCUT2D eigenvalue weighted by Crippen LogP contribution is 2.07. The van der Waals surface area contributed by atoms with Gasteiger partial charge in [0, 0.05) is 5.69 Å². The minimum atomic E-state index is -0.0677. The van der Waals surface area contributed by atoms with Gasteiger partial charge in [0.15, 0.2) is 11.0 Å². The van der Waals surface area contributed by atoms with E-state index in [0.717, 1.165) is 16.8 Å². The molecule has 4 nitrogen and oxygen atoms in total. The zero-order valence-corrected chi connectivity index (χ0v) is 8.46. The van der Waals surface area contributed by atoms with Gasteiger partial charge in [0.25, 0.3) is 0 Å². The van der Waals surface area contributed by atoms with E-state index in [2.05, 4.69) is 9.97 Å². The first-order chi connectivity index (χ1) is 6.59. The van der Waals surface area contributed by atoms with Gasteiger partial charge < -0.3 is 0 Å². The van der Waals surface area contributed by atoms with E-state index in [1.807, 2.05) is 19.9 Å². The molecular weight excluding hydrogens is 178 g/mol. The summed E-state index contributed by atoms with van der Waals surface area (Å²) in [5, 5.41) is 0. The predicted octanol–water partition coefficient (Wildman–Crippen LogP) is 0.364. The summed E-state index contributed by atoms with van der Waals surface area (Å²) in [7, 11) is 1.70. The van der Waals surface area contributed by atoms with E-state index in [1.165, 1.54) is 4.57 Å². The van der Waals surface area contributed by atoms with Crippen LogP contribution in [0.2, 0.25) is 0 Å². The smallest absolute Gasteiger partial charge is 0.245 e. The minimum absolute atomic E-state index is 0.0677. The Morgan fingerprint density at radius 2 is 2.14 bits per heavy atom. The second-order valence-electron chi connectivity index (χ2n) is 3.48. The van der Waals surface area contributed by atoms with Gasteiger partial charge in [-0.15, -0.1) is 0 Å². The molecule has 0 radical (unpaired) electrons. The Hall–Kier alpha value is -1.71. The van der Waals surface area contributed by atoms with Gasteiger partial charge in [-0.05, 0) is 25.5 Å². The number of aromatic nitrogens is 3. The van der Waals surface area contributed by atoms with E-state index < -0.39 is 0 Å². The van der Waals surface area contributed by atoms with Crippen molar-refractivity contribution in [2.45, 2.75) is 13.8 Å². The highest BCUT2D eigenvalue weighted by Gasteiger charge is 2.09. The third kappa shape index (κ3) is 1.19. The second kappa shape index (κ2) is 2.90. The Morgan fingerprint density at radius 3 is 2.86 bits per heavy atom. The van der Waals surface area contributed by atoms with E-state index in [4.69, 9.17) is 0 Å². The summed E-state index contributed by atoms with van der Waals surface area (Å²) in [4.78, 5) is 19.0. The van der Waals surface area contributed by atoms with Crippen LogP contribution in [0.4, 0.5) is 0 Å². The minimum Gasteiger partial charge on any atom is -0.245 e. The quantitative estimate of drug-likeness (QED) is 0.602. The highest BCUT2D eigenvalue weighted by molar-refractivity contribution is 5.70. The van der Waals surface area contributed by atoms with E-state index in [-0.39, 0.29) is 5.56 Å². The number of aryl methyl sites for hydroxylation is 3. The maximum Gasteiger partial charge on any atom is 0.363 e. The lowest BCUT2D eigenvalue weighted by molar-refractivity contribution is -0.353. The van der Waals surface area contributed by atoms with Crippen LogP contribution in [0.15, 0.2) is 17.2 Å². The molecule has 0 aliphatic rings. The van der Waals surface area contributed by atoms with Gasteiger partial charge in [-0.25, -0.2) is 19.3 Å². The fourth-order valence-electron chi connectivity index (χ4n) is 1.37. The first-order valence-corrected chi connectivity index (χ1v) is 4.45. The number of nitrogens with one attached hydrogen (secondary N) is 1. The van der Waals surface area contributed by atoms with Crippen molar-refractivity contribution in [2.75, 3.05) is 0 Å². The molecular formula is C10H12N3O+. The normalized spacial score (nSPS) is 10.8. The molecule has 14 heavy (non-hydrogen) atoms. The van der Waals surface area contributed by atoms with Crippen molar-refractivity contribution < 1.29 is 4.98 Å². The average Bonchev–Trinajstić information content (AvgIpc) is 2.15. The molecule has 4 heteroatoms. The van der Waals surface area contributed by atoms with Crippen molar-refractivity contribution in [3.63, 3.8) is 0 Å². The molecule has 1 N–H and O–H groups in total. The molecule has 0 bridgehead atoms. The van der Waals surface area contributed by atoms with Crippen molar-refractivity contribution >= 4 is 11.0 Å². The molecule has 0 aliphatic carbocycles. The van der Waals surface area contributed by atoms with Crippen molar-refractivity contribution in [2.24, 2.45) is 7.05 Å². The molecule has 0 unspecified atom stereocenters. The number of hydrogen-bond acceptors (Lipinski definition) is 2. The lowest BCUT2D eigenvalue weighted by Gasteiger charge is -1.99. The van der Waals surface area contributed by atoms with Crippen LogP contribution in [0.5, 0.6) is 0 Å². The third-order valence-corrected chi connectivity index (χ3v) is 2.40. The lowest BCUT2D eigenvalue weighted by atomic mass is 10.2. The fourth-order valence-corrected chi connectivity index (χ4v) is 1.37. The zero-order chi connectivity index (χ0) is 10.3. The maximum atomic E-state index is 11.7. The summed E-state index contributed by atoms with van der Waals surface area (Å²) in [5.41, 5.74) is 3.20. The van der Waals surface area contributed by atoms with Gasteiger partial charge in [-0.3, -0.25) is 0 Å². The number of fused-ring (bicyclic) bond motifs is 1. The molecule has 0 amide bonds. The number of H-pyrrole nitrogens is 1. The van der Waals surface area contributed by atoms with Crippen LogP contribution in [-0.4, -0.2) is 9.55 Å². The topological polar surface area (TPSA) is 49.0 Å². The maximum absolute atomic E-state index is 11.7. The Morgan fingerprint density at radius 1 is 1.43 bits per heavy atom. The summed E-state index contributed by atoms with van der Waals surface area (Å²) in [6, 6.07) is 1.94. The van der Waals surface area contributed by atoms with Gasteiger partial charge in [0.05, 0.1) is 7.05 Å². The molecule has 0 saturated carbocycles. The number of hydrogen-bond donors (Lipinski definition) is 0. The Labute approximate surface area is 81.2 Å². The molecule has 0 aromatic carbocycles. The highest BCUT2D eigenvalue weighted by atomic mass is 16.1. The zero-order valence-electron chi connectivity index (χ0n) is 8.46. The molecule has 0 fully saturated rings. The monoisotopic (exact) mass is 190 g/mol. The molecule has 2 heterocycles. The van der Waals surface area contributed by atoms with Crippen molar-refractivity contribution in [1.29, 1.82) is 0 Å². The Bertz CT molecular complexity index is 557. The molecule has 72 valence electrons. The van der Waals surface area contributed by atoms with Crippen LogP contribution in [-0.2, 0) is 7.05 Å². The lowest BCUT2D eigenvalue weighted by Crippen LogP contribution is -2.24. The first-order valence-electron chi connectivity index (χ1n) is 4.45.